The maximum atomic E-state index is 14.9. The van der Waals surface area contributed by atoms with Gasteiger partial charge in [0.05, 0.1) is 36.9 Å². The van der Waals surface area contributed by atoms with Gasteiger partial charge in [0.1, 0.15) is 24.4 Å². The Morgan fingerprint density at radius 3 is 2.32 bits per heavy atom. The molecule has 12 nitrogen and oxygen atoms in total. The molecule has 0 amide bonds. The van der Waals surface area contributed by atoms with Gasteiger partial charge in [-0.25, -0.2) is 0 Å². The topological polar surface area (TPSA) is 120 Å². The molecule has 7 unspecified atom stereocenters. The van der Waals surface area contributed by atoms with Crippen LogP contribution in [0, 0.1) is 35.5 Å². The fourth-order valence-electron chi connectivity index (χ4n) is 11.2. The average molecular weight is 872 g/mol. The summed E-state index contributed by atoms with van der Waals surface area (Å²) in [5.41, 5.74) is 0.741. The van der Waals surface area contributed by atoms with Crippen molar-refractivity contribution in [2.75, 3.05) is 41.5 Å². The highest BCUT2D eigenvalue weighted by molar-refractivity contribution is 5.99. The molecule has 0 bridgehead atoms. The second-order valence-electron chi connectivity index (χ2n) is 19.3. The van der Waals surface area contributed by atoms with Crippen LogP contribution in [-0.4, -0.2) is 132 Å². The fourth-order valence-corrected chi connectivity index (χ4v) is 11.2. The number of unbranched alkanes of at least 4 members (excludes halogenated alkanes) is 2. The summed E-state index contributed by atoms with van der Waals surface area (Å²) in [6, 6.07) is 0.315. The molecule has 62 heavy (non-hydrogen) atoms. The molecule has 18 atom stereocenters. The van der Waals surface area contributed by atoms with Gasteiger partial charge in [-0.15, -0.1) is 0 Å². The first-order valence-corrected chi connectivity index (χ1v) is 24.3. The largest absolute Gasteiger partial charge is 0.458 e. The van der Waals surface area contributed by atoms with Gasteiger partial charge in [-0.05, 0) is 128 Å². The van der Waals surface area contributed by atoms with E-state index in [1.54, 1.807) is 14.2 Å². The molecular weight excluding hydrogens is 791 g/mol. The zero-order valence-corrected chi connectivity index (χ0v) is 39.6. The summed E-state index contributed by atoms with van der Waals surface area (Å²) >= 11 is 0. The number of Topliss-reactive ketones (excluding diaryl/α,β-unsaturated/α-hetero) is 1. The molecule has 6 rings (SSSR count). The molecule has 12 heteroatoms. The summed E-state index contributed by atoms with van der Waals surface area (Å²) in [5, 5.41) is 0. The Bertz CT molecular complexity index is 1520. The molecule has 0 aromatic heterocycles. The van der Waals surface area contributed by atoms with Crippen molar-refractivity contribution in [2.45, 2.75) is 192 Å². The van der Waals surface area contributed by atoms with Crippen molar-refractivity contribution in [1.82, 2.24) is 4.90 Å². The maximum absolute atomic E-state index is 14.9. The van der Waals surface area contributed by atoms with E-state index in [2.05, 4.69) is 58.0 Å². The third kappa shape index (κ3) is 12.1. The van der Waals surface area contributed by atoms with Crippen LogP contribution in [-0.2, 0) is 52.2 Å². The number of ether oxygens (including phenoxy) is 9. The molecule has 4 fully saturated rings. The van der Waals surface area contributed by atoms with Crippen LogP contribution >= 0.6 is 0 Å². The van der Waals surface area contributed by atoms with Crippen molar-refractivity contribution in [3.05, 3.63) is 36.0 Å². The van der Waals surface area contributed by atoms with E-state index in [-0.39, 0.29) is 96.8 Å². The average Bonchev–Trinajstić information content (AvgIpc) is 3.82. The third-order valence-corrected chi connectivity index (χ3v) is 14.8. The van der Waals surface area contributed by atoms with Gasteiger partial charge in [0.2, 0.25) is 0 Å². The van der Waals surface area contributed by atoms with Crippen LogP contribution in [0.25, 0.3) is 0 Å². The first-order chi connectivity index (χ1) is 29.9. The Balaban J connectivity index is 1.21. The normalized spacial score (nSPS) is 41.0. The van der Waals surface area contributed by atoms with Gasteiger partial charge in [0.25, 0.3) is 0 Å². The second kappa shape index (κ2) is 23.4. The molecule has 1 saturated carbocycles. The number of likely N-dealkylation sites (N-methyl/N-ethyl adjacent to an activating group) is 1. The highest BCUT2D eigenvalue weighted by atomic mass is 16.7. The summed E-state index contributed by atoms with van der Waals surface area (Å²) in [6.45, 7) is 13.8. The number of methoxy groups -OCH3 is 2. The molecule has 0 aromatic rings. The lowest BCUT2D eigenvalue weighted by Crippen LogP contribution is -2.60. The van der Waals surface area contributed by atoms with Crippen molar-refractivity contribution in [2.24, 2.45) is 35.5 Å². The van der Waals surface area contributed by atoms with Crippen LogP contribution < -0.4 is 0 Å². The lowest BCUT2D eigenvalue weighted by Gasteiger charge is -2.44. The van der Waals surface area contributed by atoms with E-state index < -0.39 is 24.4 Å². The Kier molecular flexibility index (Phi) is 18.7. The van der Waals surface area contributed by atoms with Crippen LogP contribution in [0.4, 0.5) is 0 Å². The second-order valence-corrected chi connectivity index (χ2v) is 19.3. The SMILES string of the molecule is CCCCOC(C)/C=C/C1CCC[C@H](O[C@H]2CC[C@H](N(C)C)[C@@H](C)O2)[C@@H](C)C(=O)C2=CC3C(C=CC4C[C@@H](O[C@@H]5O[C@@H](C)[C@H](OC)[C@@H](OCCCC)[C@H]5OC)CC43)C2CC(=O)O1. The van der Waals surface area contributed by atoms with Gasteiger partial charge in [-0.1, -0.05) is 57.9 Å². The van der Waals surface area contributed by atoms with E-state index in [0.29, 0.717) is 32.1 Å². The van der Waals surface area contributed by atoms with E-state index in [0.717, 1.165) is 63.4 Å². The Morgan fingerprint density at radius 2 is 1.61 bits per heavy atom. The monoisotopic (exact) mass is 872 g/mol. The molecule has 0 aromatic carbocycles. The van der Waals surface area contributed by atoms with E-state index in [1.807, 2.05) is 32.9 Å². The minimum absolute atomic E-state index is 0.000957. The number of hydrogen-bond donors (Lipinski definition) is 0. The number of fused-ring (bicyclic) bond motifs is 5. The number of ketones is 1. The third-order valence-electron chi connectivity index (χ3n) is 14.8. The van der Waals surface area contributed by atoms with Crippen LogP contribution in [0.15, 0.2) is 36.0 Å². The standard InChI is InChI=1S/C50H81NO11/c1-11-13-24-56-30(3)18-20-35-16-15-17-43(62-45-23-22-42(51(7)8)32(5)58-45)31(4)46(53)41-28-39-37(40(41)29-44(52)60-35)21-19-34-26-36(27-38(34)39)61-50-49(55-10)48(57-25-14-12-2)47(54-9)33(6)59-50/h18-21,28,30-40,42-43,45,47-50H,11-17,22-27,29H2,1-10H3/b20-18+/t30?,31-,32-,33+,34?,35?,36-,37?,38?,39?,40?,42+,43+,45+,47+,48-,49-,50+/m1/s1. The zero-order chi connectivity index (χ0) is 44.5. The van der Waals surface area contributed by atoms with Gasteiger partial charge in [0.15, 0.2) is 18.4 Å². The van der Waals surface area contributed by atoms with E-state index >= 15 is 0 Å². The first kappa shape index (κ1) is 49.4. The Hall–Kier alpha value is -2.00. The molecule has 0 N–H and O–H groups in total. The number of cyclic esters (lactones) is 1. The highest BCUT2D eigenvalue weighted by Crippen LogP contribution is 2.54. The van der Waals surface area contributed by atoms with Gasteiger partial charge >= 0.3 is 5.97 Å². The van der Waals surface area contributed by atoms with Crippen LogP contribution in [0.5, 0.6) is 0 Å². The smallest absolute Gasteiger partial charge is 0.307 e. The lowest BCUT2D eigenvalue weighted by atomic mass is 9.70. The van der Waals surface area contributed by atoms with Crippen molar-refractivity contribution in [3.8, 4) is 0 Å². The number of carbonyl (C=O) groups excluding carboxylic acids is 2. The summed E-state index contributed by atoms with van der Waals surface area (Å²) in [6.07, 6.45) is 17.2. The molecule has 352 valence electrons. The molecular formula is C50H81NO11. The first-order valence-electron chi connectivity index (χ1n) is 24.3. The number of hydrogen-bond acceptors (Lipinski definition) is 12. The van der Waals surface area contributed by atoms with Crippen molar-refractivity contribution < 1.29 is 52.2 Å². The van der Waals surface area contributed by atoms with Gasteiger partial charge in [-0.3, -0.25) is 9.59 Å². The molecule has 3 aliphatic heterocycles. The molecule has 0 radical (unpaired) electrons. The summed E-state index contributed by atoms with van der Waals surface area (Å²) in [4.78, 5) is 31.1. The number of allylic oxidation sites excluding steroid dienone is 4. The molecule has 3 saturated heterocycles. The summed E-state index contributed by atoms with van der Waals surface area (Å²) in [7, 11) is 7.55. The van der Waals surface area contributed by atoms with Gasteiger partial charge < -0.3 is 47.5 Å². The predicted octanol–water partition coefficient (Wildman–Crippen LogP) is 8.01. The minimum Gasteiger partial charge on any atom is -0.458 e. The number of carbonyl (C=O) groups is 2. The molecule has 0 spiro atoms. The van der Waals surface area contributed by atoms with Crippen molar-refractivity contribution in [3.63, 3.8) is 0 Å². The van der Waals surface area contributed by atoms with Gasteiger partial charge in [-0.2, -0.15) is 0 Å². The zero-order valence-electron chi connectivity index (χ0n) is 39.6. The van der Waals surface area contributed by atoms with Crippen molar-refractivity contribution >= 4 is 11.8 Å². The minimum atomic E-state index is -0.609. The Labute approximate surface area is 373 Å². The lowest BCUT2D eigenvalue weighted by molar-refractivity contribution is -0.317. The summed E-state index contributed by atoms with van der Waals surface area (Å²) < 4.78 is 57.1. The van der Waals surface area contributed by atoms with E-state index in [4.69, 9.17) is 42.6 Å². The summed E-state index contributed by atoms with van der Waals surface area (Å²) in [5.74, 6) is -0.308. The van der Waals surface area contributed by atoms with Crippen LogP contribution in [0.1, 0.15) is 119 Å². The number of nitrogens with zero attached hydrogens (tertiary/aromatic N) is 1. The highest BCUT2D eigenvalue weighted by Gasteiger charge is 2.53. The quantitative estimate of drug-likeness (QED) is 0.0800. The van der Waals surface area contributed by atoms with Gasteiger partial charge in [0, 0.05) is 45.3 Å². The fraction of sp³-hybridized carbons (Fsp3) is 0.840. The molecule has 6 aliphatic rings. The number of rotatable bonds is 17. The Morgan fingerprint density at radius 1 is 0.855 bits per heavy atom. The molecule has 3 aliphatic carbocycles. The predicted molar refractivity (Wildman–Crippen MR) is 237 cm³/mol. The molecule has 3 heterocycles. The maximum Gasteiger partial charge on any atom is 0.307 e. The van der Waals surface area contributed by atoms with E-state index in [1.165, 1.54) is 0 Å². The number of esters is 1. The van der Waals surface area contributed by atoms with E-state index in [9.17, 15) is 9.59 Å². The van der Waals surface area contributed by atoms with Crippen LogP contribution in [0.3, 0.4) is 0 Å². The van der Waals surface area contributed by atoms with Crippen molar-refractivity contribution in [1.29, 1.82) is 0 Å². The van der Waals surface area contributed by atoms with Crippen LogP contribution in [0.2, 0.25) is 0 Å².